The molecule has 0 bridgehead atoms. The standard InChI is InChI=1S/C28H35FN6O/c1-17-11-13-19(14-12-17)16-35-24-25(31-18(2)20-7-6-8-20)32-23(15-30)33-26(24)34-27(35)28(3,36)21-9-4-5-10-22(21)29/h4-5,9-10,17-20,36H,6-8,11-14,16H2,1-3H3,(H,31,32,33)/t17-,18-,19-,28?/m1/s1. The molecule has 0 amide bonds. The summed E-state index contributed by atoms with van der Waals surface area (Å²) in [7, 11) is 0. The molecular formula is C28H35FN6O. The van der Waals surface area contributed by atoms with E-state index in [-0.39, 0.29) is 17.4 Å². The minimum atomic E-state index is -1.70. The molecule has 2 aliphatic rings. The Hall–Kier alpha value is -3.05. The van der Waals surface area contributed by atoms with E-state index in [9.17, 15) is 14.8 Å². The quantitative estimate of drug-likeness (QED) is 0.452. The summed E-state index contributed by atoms with van der Waals surface area (Å²) in [6, 6.07) is 8.48. The second kappa shape index (κ2) is 9.78. The monoisotopic (exact) mass is 490 g/mol. The Morgan fingerprint density at radius 3 is 2.53 bits per heavy atom. The fraction of sp³-hybridized carbons (Fsp3) is 0.571. The summed E-state index contributed by atoms with van der Waals surface area (Å²) in [5, 5.41) is 24.9. The van der Waals surface area contributed by atoms with Crippen LogP contribution in [0.25, 0.3) is 11.2 Å². The van der Waals surface area contributed by atoms with Crippen LogP contribution in [0.2, 0.25) is 0 Å². The second-order valence-electron chi connectivity index (χ2n) is 11.0. The topological polar surface area (TPSA) is 99.7 Å². The van der Waals surface area contributed by atoms with E-state index in [0.29, 0.717) is 47.1 Å². The van der Waals surface area contributed by atoms with Gasteiger partial charge in [-0.2, -0.15) is 15.2 Å². The zero-order chi connectivity index (χ0) is 25.4. The molecule has 2 N–H and O–H groups in total. The number of imidazole rings is 1. The maximum Gasteiger partial charge on any atom is 0.236 e. The Morgan fingerprint density at radius 1 is 1.17 bits per heavy atom. The first-order valence-electron chi connectivity index (χ1n) is 13.2. The van der Waals surface area contributed by atoms with Gasteiger partial charge in [0.15, 0.2) is 11.5 Å². The summed E-state index contributed by atoms with van der Waals surface area (Å²) in [6.07, 6.45) is 8.05. The molecule has 1 unspecified atom stereocenters. The molecular weight excluding hydrogens is 455 g/mol. The number of fused-ring (bicyclic) bond motifs is 1. The van der Waals surface area contributed by atoms with Crippen molar-refractivity contribution in [3.63, 3.8) is 0 Å². The Bertz CT molecular complexity index is 1280. The van der Waals surface area contributed by atoms with Crippen molar-refractivity contribution in [2.45, 2.75) is 83.9 Å². The lowest BCUT2D eigenvalue weighted by atomic mass is 9.80. The van der Waals surface area contributed by atoms with Gasteiger partial charge in [-0.1, -0.05) is 44.4 Å². The third-order valence-electron chi connectivity index (χ3n) is 8.33. The number of aromatic nitrogens is 4. The van der Waals surface area contributed by atoms with Gasteiger partial charge in [0.05, 0.1) is 0 Å². The number of nitriles is 1. The van der Waals surface area contributed by atoms with Crippen LogP contribution in [-0.2, 0) is 12.1 Å². The predicted octanol–water partition coefficient (Wildman–Crippen LogP) is 5.52. The van der Waals surface area contributed by atoms with Crippen LogP contribution >= 0.6 is 0 Å². The fourth-order valence-corrected chi connectivity index (χ4v) is 5.76. The normalized spacial score (nSPS) is 23.0. The molecule has 0 spiro atoms. The maximum atomic E-state index is 14.9. The zero-order valence-corrected chi connectivity index (χ0v) is 21.3. The minimum absolute atomic E-state index is 0.0269. The predicted molar refractivity (Wildman–Crippen MR) is 137 cm³/mol. The SMILES string of the molecule is C[C@@H](Nc1nc(C#N)nc2nc(C(C)(O)c3ccccc3F)n(C[C@H]3CC[C@H](C)CC3)c12)C1CCC1. The lowest BCUT2D eigenvalue weighted by Gasteiger charge is -2.33. The van der Waals surface area contributed by atoms with Crippen molar-refractivity contribution in [3.05, 3.63) is 47.3 Å². The van der Waals surface area contributed by atoms with Gasteiger partial charge in [0.1, 0.15) is 28.8 Å². The molecule has 3 aromatic rings. The number of anilines is 1. The van der Waals surface area contributed by atoms with Crippen LogP contribution in [0.1, 0.15) is 82.9 Å². The van der Waals surface area contributed by atoms with E-state index in [2.05, 4.69) is 35.2 Å². The summed E-state index contributed by atoms with van der Waals surface area (Å²) >= 11 is 0. The van der Waals surface area contributed by atoms with Crippen molar-refractivity contribution in [1.29, 1.82) is 5.26 Å². The zero-order valence-electron chi connectivity index (χ0n) is 21.3. The van der Waals surface area contributed by atoms with Gasteiger partial charge in [-0.25, -0.2) is 9.37 Å². The molecule has 2 saturated carbocycles. The number of halogens is 1. The van der Waals surface area contributed by atoms with Crippen molar-refractivity contribution in [2.75, 3.05) is 5.32 Å². The molecule has 0 radical (unpaired) electrons. The van der Waals surface area contributed by atoms with E-state index in [4.69, 9.17) is 4.98 Å². The number of nitrogens with one attached hydrogen (secondary N) is 1. The minimum Gasteiger partial charge on any atom is -0.377 e. The lowest BCUT2D eigenvalue weighted by molar-refractivity contribution is 0.0826. The van der Waals surface area contributed by atoms with Crippen molar-refractivity contribution in [2.24, 2.45) is 17.8 Å². The lowest BCUT2D eigenvalue weighted by Crippen LogP contribution is -2.32. The third kappa shape index (κ3) is 4.57. The Balaban J connectivity index is 1.66. The summed E-state index contributed by atoms with van der Waals surface area (Å²) in [5.74, 6) is 2.09. The summed E-state index contributed by atoms with van der Waals surface area (Å²) in [4.78, 5) is 13.7. The van der Waals surface area contributed by atoms with E-state index < -0.39 is 11.4 Å². The first-order valence-corrected chi connectivity index (χ1v) is 13.2. The molecule has 2 fully saturated rings. The maximum absolute atomic E-state index is 14.9. The Labute approximate surface area is 211 Å². The summed E-state index contributed by atoms with van der Waals surface area (Å²) in [5.41, 5.74) is -0.520. The van der Waals surface area contributed by atoms with Gasteiger partial charge in [0, 0.05) is 18.2 Å². The smallest absolute Gasteiger partial charge is 0.236 e. The molecule has 8 heteroatoms. The van der Waals surface area contributed by atoms with Gasteiger partial charge < -0.3 is 15.0 Å². The van der Waals surface area contributed by atoms with E-state index in [1.165, 1.54) is 25.3 Å². The Kier molecular flexibility index (Phi) is 6.69. The second-order valence-corrected chi connectivity index (χ2v) is 11.0. The molecule has 2 aromatic heterocycles. The largest absolute Gasteiger partial charge is 0.377 e. The van der Waals surface area contributed by atoms with Crippen LogP contribution in [-0.4, -0.2) is 30.7 Å². The van der Waals surface area contributed by atoms with Gasteiger partial charge in [-0.15, -0.1) is 0 Å². The van der Waals surface area contributed by atoms with Gasteiger partial charge in [0.25, 0.3) is 0 Å². The molecule has 5 rings (SSSR count). The summed E-state index contributed by atoms with van der Waals surface area (Å²) < 4.78 is 16.9. The molecule has 2 atom stereocenters. The van der Waals surface area contributed by atoms with Crippen molar-refractivity contribution in [3.8, 4) is 6.07 Å². The molecule has 2 aliphatic carbocycles. The molecule has 7 nitrogen and oxygen atoms in total. The van der Waals surface area contributed by atoms with Gasteiger partial charge in [-0.3, -0.25) is 0 Å². The molecule has 36 heavy (non-hydrogen) atoms. The van der Waals surface area contributed by atoms with Crippen LogP contribution in [0.15, 0.2) is 24.3 Å². The van der Waals surface area contributed by atoms with Crippen molar-refractivity contribution in [1.82, 2.24) is 19.5 Å². The van der Waals surface area contributed by atoms with E-state index in [1.807, 2.05) is 4.57 Å². The highest BCUT2D eigenvalue weighted by atomic mass is 19.1. The average molecular weight is 491 g/mol. The number of benzene rings is 1. The number of hydrogen-bond acceptors (Lipinski definition) is 6. The number of hydrogen-bond donors (Lipinski definition) is 2. The molecule has 190 valence electrons. The summed E-state index contributed by atoms with van der Waals surface area (Å²) in [6.45, 7) is 6.64. The number of rotatable bonds is 7. The van der Waals surface area contributed by atoms with Crippen molar-refractivity contribution >= 4 is 17.0 Å². The van der Waals surface area contributed by atoms with Gasteiger partial charge in [-0.05, 0) is 63.4 Å². The van der Waals surface area contributed by atoms with Crippen LogP contribution < -0.4 is 5.32 Å². The van der Waals surface area contributed by atoms with Gasteiger partial charge in [0.2, 0.25) is 5.82 Å². The van der Waals surface area contributed by atoms with Crippen LogP contribution in [0.3, 0.4) is 0 Å². The number of nitrogens with zero attached hydrogens (tertiary/aromatic N) is 5. The van der Waals surface area contributed by atoms with E-state index >= 15 is 0 Å². The Morgan fingerprint density at radius 2 is 1.89 bits per heavy atom. The highest BCUT2D eigenvalue weighted by molar-refractivity contribution is 5.84. The first-order chi connectivity index (χ1) is 17.3. The van der Waals surface area contributed by atoms with Crippen molar-refractivity contribution < 1.29 is 9.50 Å². The fourth-order valence-electron chi connectivity index (χ4n) is 5.76. The molecule has 2 heterocycles. The number of aliphatic hydroxyl groups is 1. The van der Waals surface area contributed by atoms with Crippen LogP contribution in [0.5, 0.6) is 0 Å². The van der Waals surface area contributed by atoms with Crippen LogP contribution in [0.4, 0.5) is 10.2 Å². The highest BCUT2D eigenvalue weighted by Gasteiger charge is 2.37. The first kappa shape index (κ1) is 24.6. The molecule has 1 aromatic carbocycles. The van der Waals surface area contributed by atoms with Gasteiger partial charge >= 0.3 is 0 Å². The van der Waals surface area contributed by atoms with Crippen LogP contribution in [0, 0.1) is 34.9 Å². The third-order valence-corrected chi connectivity index (χ3v) is 8.33. The molecule has 0 saturated heterocycles. The molecule has 0 aliphatic heterocycles. The van der Waals surface area contributed by atoms with E-state index in [1.54, 1.807) is 25.1 Å². The van der Waals surface area contributed by atoms with E-state index in [0.717, 1.165) is 25.7 Å². The highest BCUT2D eigenvalue weighted by Crippen LogP contribution is 2.38. The average Bonchev–Trinajstić information content (AvgIpc) is 3.18.